The molecule has 23 heavy (non-hydrogen) atoms. The Hall–Kier alpha value is -1.77. The second-order valence-electron chi connectivity index (χ2n) is 5.19. The lowest BCUT2D eigenvalue weighted by atomic mass is 9.80. The number of aromatic amines is 1. The number of carboxylic acids is 1. The number of halogens is 1. The Kier molecular flexibility index (Phi) is 3.29. The summed E-state index contributed by atoms with van der Waals surface area (Å²) < 4.78 is 5.30. The first-order chi connectivity index (χ1) is 11.0. The van der Waals surface area contributed by atoms with Crippen LogP contribution in [0.5, 0.6) is 5.75 Å². The van der Waals surface area contributed by atoms with E-state index in [1.165, 1.54) is 0 Å². The van der Waals surface area contributed by atoms with Crippen molar-refractivity contribution >= 4 is 46.6 Å². The van der Waals surface area contributed by atoms with Gasteiger partial charge in [0.15, 0.2) is 0 Å². The highest BCUT2D eigenvalue weighted by Crippen LogP contribution is 2.53. The molecule has 1 aromatic carbocycles. The van der Waals surface area contributed by atoms with E-state index in [4.69, 9.17) is 16.3 Å². The summed E-state index contributed by atoms with van der Waals surface area (Å²) in [5, 5.41) is 9.40. The topological polar surface area (TPSA) is 96.5 Å². The second kappa shape index (κ2) is 5.12. The van der Waals surface area contributed by atoms with Crippen molar-refractivity contribution in [2.45, 2.75) is 16.2 Å². The number of carbonyl (C=O) groups excluding carboxylic acids is 1. The summed E-state index contributed by atoms with van der Waals surface area (Å²) in [5.74, 6) is -2.82. The molecule has 0 spiro atoms. The summed E-state index contributed by atoms with van der Waals surface area (Å²) in [6.45, 7) is 0. The summed E-state index contributed by atoms with van der Waals surface area (Å²) in [4.78, 5) is 38.8. The zero-order valence-electron chi connectivity index (χ0n) is 11.2. The van der Waals surface area contributed by atoms with Crippen LogP contribution in [0.3, 0.4) is 0 Å². The van der Waals surface area contributed by atoms with Crippen molar-refractivity contribution < 1.29 is 19.4 Å². The molecule has 0 radical (unpaired) electrons. The predicted octanol–water partition coefficient (Wildman–Crippen LogP) is 2.32. The molecular formula is C14H8ClNO5S2. The third-order valence-corrected chi connectivity index (χ3v) is 6.52. The number of H-pyrrole nitrogens is 1. The highest BCUT2D eigenvalue weighted by Gasteiger charge is 2.51. The summed E-state index contributed by atoms with van der Waals surface area (Å²) in [5.41, 5.74) is 0.630. The lowest BCUT2D eigenvalue weighted by Gasteiger charge is -2.37. The maximum atomic E-state index is 12.4. The summed E-state index contributed by atoms with van der Waals surface area (Å²) in [7, 11) is 0. The number of hydrogen-bond acceptors (Lipinski definition) is 6. The molecule has 0 fully saturated rings. The van der Waals surface area contributed by atoms with Gasteiger partial charge in [-0.1, -0.05) is 34.7 Å². The van der Waals surface area contributed by atoms with Crippen molar-refractivity contribution in [1.82, 2.24) is 4.98 Å². The van der Waals surface area contributed by atoms with Gasteiger partial charge in [-0.15, -0.1) is 0 Å². The van der Waals surface area contributed by atoms with E-state index in [0.717, 1.165) is 23.1 Å². The van der Waals surface area contributed by atoms with Gasteiger partial charge in [0, 0.05) is 21.4 Å². The number of benzene rings is 1. The van der Waals surface area contributed by atoms with Gasteiger partial charge in [0.25, 0.3) is 0 Å². The van der Waals surface area contributed by atoms with E-state index in [-0.39, 0.29) is 4.87 Å². The molecule has 0 aliphatic carbocycles. The molecule has 1 aromatic heterocycles. The molecule has 9 heteroatoms. The van der Waals surface area contributed by atoms with E-state index >= 15 is 0 Å². The maximum Gasteiger partial charge on any atom is 0.317 e. The van der Waals surface area contributed by atoms with Crippen LogP contribution in [0, 0.1) is 5.92 Å². The van der Waals surface area contributed by atoms with Gasteiger partial charge in [0.1, 0.15) is 11.0 Å². The summed E-state index contributed by atoms with van der Waals surface area (Å²) >= 11 is 8.01. The molecule has 2 aromatic rings. The number of ether oxygens (including phenoxy) is 1. The highest BCUT2D eigenvalue weighted by atomic mass is 35.5. The first-order valence-corrected chi connectivity index (χ1v) is 8.66. The molecule has 3 atom stereocenters. The molecule has 118 valence electrons. The molecule has 0 saturated heterocycles. The number of fused-ring (bicyclic) bond motifs is 5. The van der Waals surface area contributed by atoms with E-state index in [9.17, 15) is 19.5 Å². The fraction of sp³-hybridized carbons (Fsp3) is 0.214. The van der Waals surface area contributed by atoms with Gasteiger partial charge in [-0.2, -0.15) is 0 Å². The van der Waals surface area contributed by atoms with E-state index in [0.29, 0.717) is 26.2 Å². The number of aromatic nitrogens is 1. The molecule has 0 amide bonds. The summed E-state index contributed by atoms with van der Waals surface area (Å²) in [6, 6.07) is 4.84. The fourth-order valence-corrected chi connectivity index (χ4v) is 5.56. The van der Waals surface area contributed by atoms with E-state index in [1.807, 2.05) is 0 Å². The number of rotatable bonds is 1. The molecule has 0 unspecified atom stereocenters. The van der Waals surface area contributed by atoms with Crippen molar-refractivity contribution in [3.05, 3.63) is 43.3 Å². The zero-order valence-corrected chi connectivity index (χ0v) is 13.6. The SMILES string of the molecule is O=C1Oc2ccc(Cl)cc2[C@@H]2c3sc(=O)[nH]c3S[C@@H](C(=O)O)[C@H]12. The molecule has 2 aliphatic heterocycles. The number of esters is 1. The minimum atomic E-state index is -1.12. The average molecular weight is 370 g/mol. The molecule has 6 nitrogen and oxygen atoms in total. The van der Waals surface area contributed by atoms with Crippen molar-refractivity contribution in [3.8, 4) is 5.75 Å². The van der Waals surface area contributed by atoms with Crippen LogP contribution in [-0.2, 0) is 9.59 Å². The quantitative estimate of drug-likeness (QED) is 0.591. The van der Waals surface area contributed by atoms with Gasteiger partial charge in [-0.3, -0.25) is 14.4 Å². The van der Waals surface area contributed by atoms with E-state index in [1.54, 1.807) is 18.2 Å². The molecule has 0 bridgehead atoms. The molecule has 0 saturated carbocycles. The van der Waals surface area contributed by atoms with E-state index < -0.39 is 29.0 Å². The first-order valence-electron chi connectivity index (χ1n) is 6.59. The Morgan fingerprint density at radius 3 is 2.87 bits per heavy atom. The van der Waals surface area contributed by atoms with Crippen molar-refractivity contribution in [2.24, 2.45) is 5.92 Å². The van der Waals surface area contributed by atoms with Crippen LogP contribution in [0.15, 0.2) is 28.0 Å². The van der Waals surface area contributed by atoms with Crippen LogP contribution in [0.2, 0.25) is 5.02 Å². The molecule has 3 heterocycles. The maximum absolute atomic E-state index is 12.4. The molecule has 4 rings (SSSR count). The average Bonchev–Trinajstić information content (AvgIpc) is 2.86. The standard InChI is InChI=1S/C14H8ClNO5S2/c15-4-1-2-6-5(3-4)7-8(13(19)21-6)10(12(17)18)22-11-9(7)23-14(20)16-11/h1-3,7-8,10H,(H,16,20)(H,17,18)/t7-,8+,10+/m0/s1. The predicted molar refractivity (Wildman–Crippen MR) is 84.6 cm³/mol. The fourth-order valence-electron chi connectivity index (χ4n) is 2.99. The number of carboxylic acid groups (broad SMARTS) is 1. The number of carbonyl (C=O) groups is 2. The highest BCUT2D eigenvalue weighted by molar-refractivity contribution is 8.00. The smallest absolute Gasteiger partial charge is 0.317 e. The normalized spacial score (nSPS) is 25.1. The van der Waals surface area contributed by atoms with Crippen LogP contribution in [0.25, 0.3) is 0 Å². The number of thiazole rings is 1. The first kappa shape index (κ1) is 14.8. The lowest BCUT2D eigenvalue weighted by Crippen LogP contribution is -2.44. The van der Waals surface area contributed by atoms with Gasteiger partial charge in [0.05, 0.1) is 10.9 Å². The lowest BCUT2D eigenvalue weighted by molar-refractivity contribution is -0.147. The minimum Gasteiger partial charge on any atom is -0.480 e. The Labute approximate surface area is 142 Å². The van der Waals surface area contributed by atoms with Gasteiger partial charge in [-0.25, -0.2) is 0 Å². The van der Waals surface area contributed by atoms with Gasteiger partial charge < -0.3 is 14.8 Å². The van der Waals surface area contributed by atoms with Gasteiger partial charge in [-0.05, 0) is 18.2 Å². The van der Waals surface area contributed by atoms with Crippen molar-refractivity contribution in [3.63, 3.8) is 0 Å². The number of aliphatic carboxylic acids is 1. The number of thioether (sulfide) groups is 1. The van der Waals surface area contributed by atoms with Crippen LogP contribution in [0.1, 0.15) is 16.4 Å². The van der Waals surface area contributed by atoms with E-state index in [2.05, 4.69) is 4.98 Å². The van der Waals surface area contributed by atoms with Crippen LogP contribution in [0.4, 0.5) is 0 Å². The zero-order chi connectivity index (χ0) is 16.3. The number of hydrogen-bond donors (Lipinski definition) is 2. The molecule has 2 aliphatic rings. The largest absolute Gasteiger partial charge is 0.480 e. The van der Waals surface area contributed by atoms with Gasteiger partial charge >= 0.3 is 16.8 Å². The third kappa shape index (κ3) is 2.20. The second-order valence-corrected chi connectivity index (χ2v) is 7.79. The third-order valence-electron chi connectivity index (χ3n) is 3.89. The van der Waals surface area contributed by atoms with Crippen LogP contribution >= 0.6 is 34.7 Å². The minimum absolute atomic E-state index is 0.283. The van der Waals surface area contributed by atoms with Crippen LogP contribution in [-0.4, -0.2) is 27.3 Å². The molecular weight excluding hydrogens is 362 g/mol. The Balaban J connectivity index is 2.00. The van der Waals surface area contributed by atoms with Crippen LogP contribution < -0.4 is 9.61 Å². The molecule has 2 N–H and O–H groups in total. The van der Waals surface area contributed by atoms with Gasteiger partial charge in [0.2, 0.25) is 0 Å². The monoisotopic (exact) mass is 369 g/mol. The Morgan fingerprint density at radius 1 is 1.35 bits per heavy atom. The Bertz CT molecular complexity index is 905. The Morgan fingerprint density at radius 2 is 2.13 bits per heavy atom. The van der Waals surface area contributed by atoms with Crippen molar-refractivity contribution in [1.29, 1.82) is 0 Å². The summed E-state index contributed by atoms with van der Waals surface area (Å²) in [6.07, 6.45) is 0. The van der Waals surface area contributed by atoms with Crippen molar-refractivity contribution in [2.75, 3.05) is 0 Å². The number of nitrogens with one attached hydrogen (secondary N) is 1.